The lowest BCUT2D eigenvalue weighted by molar-refractivity contribution is 0.111. The second-order valence-corrected chi connectivity index (χ2v) is 13.7. The van der Waals surface area contributed by atoms with Crippen molar-refractivity contribution in [3.63, 3.8) is 0 Å². The monoisotopic (exact) mass is 598 g/mol. The van der Waals surface area contributed by atoms with Crippen molar-refractivity contribution in [3.05, 3.63) is 59.4 Å². The highest BCUT2D eigenvalue weighted by Crippen LogP contribution is 2.26. The molecule has 5 rings (SSSR count). The van der Waals surface area contributed by atoms with Crippen molar-refractivity contribution >= 4 is 21.7 Å². The summed E-state index contributed by atoms with van der Waals surface area (Å²) < 4.78 is 41.3. The summed E-state index contributed by atoms with van der Waals surface area (Å²) in [5.74, 6) is 0.731. The molecule has 3 atom stereocenters. The number of carbonyl (C=O) groups excluding carboxylic acids is 1. The molecule has 226 valence electrons. The Morgan fingerprint density at radius 1 is 1.10 bits per heavy atom. The Kier molecular flexibility index (Phi) is 9.19. The van der Waals surface area contributed by atoms with Gasteiger partial charge in [-0.05, 0) is 97.0 Å². The number of anilines is 1. The van der Waals surface area contributed by atoms with Gasteiger partial charge in [0.15, 0.2) is 5.82 Å². The first kappa shape index (κ1) is 30.1. The van der Waals surface area contributed by atoms with Crippen LogP contribution in [-0.2, 0) is 23.5 Å². The Labute approximate surface area is 246 Å². The highest BCUT2D eigenvalue weighted by atomic mass is 32.2. The lowest BCUT2D eigenvalue weighted by atomic mass is 9.88. The maximum atomic E-state index is 13.4. The Bertz CT molecular complexity index is 1500. The van der Waals surface area contributed by atoms with Crippen molar-refractivity contribution in [3.8, 4) is 11.4 Å². The topological polar surface area (TPSA) is 125 Å². The van der Waals surface area contributed by atoms with Gasteiger partial charge < -0.3 is 15.5 Å². The number of likely N-dealkylation sites (tertiary alicyclic amines) is 1. The number of hydrogen-bond acceptors (Lipinski definition) is 7. The van der Waals surface area contributed by atoms with Crippen molar-refractivity contribution < 1.29 is 17.6 Å². The molecule has 1 aromatic heterocycles. The lowest BCUT2D eigenvalue weighted by Crippen LogP contribution is -2.56. The number of carbonyl (C=O) groups is 1. The van der Waals surface area contributed by atoms with Crippen molar-refractivity contribution in [1.29, 1.82) is 0 Å². The zero-order chi connectivity index (χ0) is 29.9. The number of benzene rings is 2. The van der Waals surface area contributed by atoms with Crippen LogP contribution in [0, 0.1) is 24.6 Å². The van der Waals surface area contributed by atoms with Gasteiger partial charge in [-0.1, -0.05) is 12.1 Å². The minimum atomic E-state index is -3.35. The average Bonchev–Trinajstić information content (AvgIpc) is 3.36. The molecular formula is C29H39FN8O3S. The third-order valence-electron chi connectivity index (χ3n) is 8.23. The molecular weight excluding hydrogens is 559 g/mol. The molecule has 0 radical (unpaired) electrons. The third kappa shape index (κ3) is 7.69. The van der Waals surface area contributed by atoms with Gasteiger partial charge in [-0.3, -0.25) is 0 Å². The molecule has 3 heterocycles. The molecule has 2 aliphatic rings. The number of halogens is 1. The number of aryl methyl sites for hydroxylation is 2. The fourth-order valence-electron chi connectivity index (χ4n) is 6.24. The molecule has 3 aromatic rings. The summed E-state index contributed by atoms with van der Waals surface area (Å²) in [6, 6.07) is 11.8. The van der Waals surface area contributed by atoms with Gasteiger partial charge >= 0.3 is 6.03 Å². The summed E-state index contributed by atoms with van der Waals surface area (Å²) in [5, 5.41) is 17.8. The molecule has 2 N–H and O–H groups in total. The van der Waals surface area contributed by atoms with Crippen LogP contribution >= 0.6 is 0 Å². The molecule has 0 aliphatic carbocycles. The zero-order valence-electron chi connectivity index (χ0n) is 24.3. The van der Waals surface area contributed by atoms with E-state index in [-0.39, 0.29) is 23.8 Å². The Morgan fingerprint density at radius 2 is 1.88 bits per heavy atom. The molecule has 2 amide bonds. The van der Waals surface area contributed by atoms with E-state index in [0.29, 0.717) is 43.5 Å². The second kappa shape index (κ2) is 12.8. The third-order valence-corrected chi connectivity index (χ3v) is 9.50. The molecule has 2 aliphatic heterocycles. The van der Waals surface area contributed by atoms with Crippen molar-refractivity contribution in [2.75, 3.05) is 44.3 Å². The maximum Gasteiger partial charge on any atom is 0.319 e. The highest BCUT2D eigenvalue weighted by molar-refractivity contribution is 7.88. The molecule has 2 aromatic carbocycles. The quantitative estimate of drug-likeness (QED) is 0.408. The van der Waals surface area contributed by atoms with Crippen molar-refractivity contribution in [2.45, 2.75) is 38.6 Å². The van der Waals surface area contributed by atoms with E-state index in [1.165, 1.54) is 22.7 Å². The fraction of sp³-hybridized carbons (Fsp3) is 0.517. The molecule has 11 nitrogen and oxygen atoms in total. The largest absolute Gasteiger partial charge is 0.335 e. The van der Waals surface area contributed by atoms with E-state index in [9.17, 15) is 17.6 Å². The summed E-state index contributed by atoms with van der Waals surface area (Å²) in [4.78, 5) is 15.6. The van der Waals surface area contributed by atoms with E-state index in [2.05, 4.69) is 31.1 Å². The standard InChI is InChI=1S/C29H39FN8O3S/c1-20-13-23(28-33-34-35-36(28)2)16-26(14-20)31-29(39)32-27-10-12-38(42(3,40)41)19-24(27)18-37-11-4-5-22(17-37)15-21-6-8-25(30)9-7-21/h6-9,13-14,16,22,24,27H,4-5,10-12,15,17-19H2,1-3H3,(H2,31,32,39)/t22-,24+,27+/m0/s1. The van der Waals surface area contributed by atoms with E-state index >= 15 is 0 Å². The Morgan fingerprint density at radius 3 is 2.60 bits per heavy atom. The van der Waals surface area contributed by atoms with Gasteiger partial charge in [0.25, 0.3) is 0 Å². The minimum absolute atomic E-state index is 0.0680. The van der Waals surface area contributed by atoms with Gasteiger partial charge in [-0.15, -0.1) is 5.10 Å². The number of urea groups is 1. The molecule has 2 fully saturated rings. The van der Waals surface area contributed by atoms with Gasteiger partial charge in [0, 0.05) is 56.4 Å². The molecule has 2 saturated heterocycles. The van der Waals surface area contributed by atoms with Crippen LogP contribution in [0.1, 0.15) is 30.4 Å². The fourth-order valence-corrected chi connectivity index (χ4v) is 7.14. The average molecular weight is 599 g/mol. The Balaban J connectivity index is 1.25. The molecule has 0 unspecified atom stereocenters. The van der Waals surface area contributed by atoms with Crippen molar-refractivity contribution in [1.82, 2.24) is 34.7 Å². The summed E-state index contributed by atoms with van der Waals surface area (Å²) in [6.45, 7) is 5.16. The summed E-state index contributed by atoms with van der Waals surface area (Å²) in [5.41, 5.74) is 3.48. The number of aromatic nitrogens is 4. The first-order chi connectivity index (χ1) is 20.0. The van der Waals surface area contributed by atoms with Gasteiger partial charge in [-0.2, -0.15) is 0 Å². The minimum Gasteiger partial charge on any atom is -0.335 e. The smallest absolute Gasteiger partial charge is 0.319 e. The number of sulfonamides is 1. The van der Waals surface area contributed by atoms with E-state index < -0.39 is 10.0 Å². The summed E-state index contributed by atoms with van der Waals surface area (Å²) in [6.07, 6.45) is 4.79. The van der Waals surface area contributed by atoms with Gasteiger partial charge in [0.2, 0.25) is 10.0 Å². The van der Waals surface area contributed by atoms with Gasteiger partial charge in [-0.25, -0.2) is 26.6 Å². The SMILES string of the molecule is Cc1cc(NC(=O)N[C@@H]2CCN(S(C)(=O)=O)C[C@H]2CN2CCC[C@@H](Cc3ccc(F)cc3)C2)cc(-c2nnnn2C)c1. The Hall–Kier alpha value is -3.42. The van der Waals surface area contributed by atoms with E-state index in [1.54, 1.807) is 11.7 Å². The van der Waals surface area contributed by atoms with Crippen molar-refractivity contribution in [2.24, 2.45) is 18.9 Å². The molecule has 0 spiro atoms. The van der Waals surface area contributed by atoms with Crippen LogP contribution in [0.25, 0.3) is 11.4 Å². The first-order valence-electron chi connectivity index (χ1n) is 14.4. The number of rotatable bonds is 8. The number of nitrogens with zero attached hydrogens (tertiary/aromatic N) is 6. The number of hydrogen-bond donors (Lipinski definition) is 2. The van der Waals surface area contributed by atoms with E-state index in [4.69, 9.17) is 0 Å². The van der Waals surface area contributed by atoms with Gasteiger partial charge in [0.05, 0.1) is 6.26 Å². The van der Waals surface area contributed by atoms with Crippen LogP contribution < -0.4 is 10.6 Å². The van der Waals surface area contributed by atoms with Crippen LogP contribution in [0.15, 0.2) is 42.5 Å². The lowest BCUT2D eigenvalue weighted by Gasteiger charge is -2.42. The summed E-state index contributed by atoms with van der Waals surface area (Å²) in [7, 11) is -1.59. The molecule has 0 saturated carbocycles. The van der Waals surface area contributed by atoms with E-state index in [1.807, 2.05) is 37.3 Å². The van der Waals surface area contributed by atoms with Crippen LogP contribution in [0.3, 0.4) is 0 Å². The summed E-state index contributed by atoms with van der Waals surface area (Å²) >= 11 is 0. The number of tetrazole rings is 1. The van der Waals surface area contributed by atoms with Crippen LogP contribution in [0.4, 0.5) is 14.9 Å². The van der Waals surface area contributed by atoms with Gasteiger partial charge in [0.1, 0.15) is 5.82 Å². The van der Waals surface area contributed by atoms with Crippen LogP contribution in [0.5, 0.6) is 0 Å². The highest BCUT2D eigenvalue weighted by Gasteiger charge is 2.36. The molecule has 0 bridgehead atoms. The normalized spacial score (nSPS) is 22.1. The predicted molar refractivity (Wildman–Crippen MR) is 159 cm³/mol. The van der Waals surface area contributed by atoms with E-state index in [0.717, 1.165) is 49.0 Å². The first-order valence-corrected chi connectivity index (χ1v) is 16.2. The number of piperidine rings is 2. The molecule has 13 heteroatoms. The number of amides is 2. The molecule has 42 heavy (non-hydrogen) atoms. The zero-order valence-corrected chi connectivity index (χ0v) is 25.1. The number of nitrogens with one attached hydrogen (secondary N) is 2. The predicted octanol–water partition coefficient (Wildman–Crippen LogP) is 3.05. The van der Waals surface area contributed by atoms with Crippen LogP contribution in [0.2, 0.25) is 0 Å². The second-order valence-electron chi connectivity index (χ2n) is 11.7. The maximum absolute atomic E-state index is 13.4. The van der Waals surface area contributed by atoms with Crippen LogP contribution in [-0.4, -0.2) is 88.9 Å².